The van der Waals surface area contributed by atoms with Crippen LogP contribution in [0.3, 0.4) is 0 Å². The SMILES string of the molecule is COc1cc(-c2cn(C)c(=O)c3cnccc23)cc(OC)c1CN1CCN(CCOCCOCCOCC(=O)NC(C(=O)N2CC(O)CC2C(=O)NCc2ccc(-c3scnc3C)cc2)C(C)(C)C)CC1. The number of aromatic nitrogens is 3. The molecule has 7 rings (SSSR count). The van der Waals surface area contributed by atoms with Gasteiger partial charge < -0.3 is 48.9 Å². The second-order valence-electron chi connectivity index (χ2n) is 19.1. The van der Waals surface area contributed by atoms with Crippen LogP contribution < -0.4 is 25.7 Å². The number of amides is 3. The van der Waals surface area contributed by atoms with Crippen LogP contribution >= 0.6 is 11.3 Å². The number of nitrogens with zero attached hydrogens (tertiary/aromatic N) is 6. The zero-order valence-corrected chi connectivity index (χ0v) is 42.7. The molecule has 0 bridgehead atoms. The number of ether oxygens (including phenoxy) is 5. The second-order valence-corrected chi connectivity index (χ2v) is 19.9. The van der Waals surface area contributed by atoms with Crippen molar-refractivity contribution >= 4 is 39.8 Å². The van der Waals surface area contributed by atoms with Gasteiger partial charge in [0, 0.05) is 90.0 Å². The minimum absolute atomic E-state index is 0.0132. The molecule has 2 aliphatic heterocycles. The number of benzene rings is 2. The van der Waals surface area contributed by atoms with Crippen LogP contribution in [0.5, 0.6) is 11.5 Å². The number of aryl methyl sites for hydroxylation is 2. The number of carbonyl (C=O) groups excluding carboxylic acids is 3. The third kappa shape index (κ3) is 13.6. The van der Waals surface area contributed by atoms with Crippen LogP contribution in [-0.4, -0.2) is 163 Å². The van der Waals surface area contributed by atoms with Gasteiger partial charge in [-0.05, 0) is 52.6 Å². The number of β-amino-alcohol motifs (C(OH)–C–C–N with tert-alkyl or cyclic N) is 1. The third-order valence-corrected chi connectivity index (χ3v) is 14.0. The number of thiazole rings is 1. The molecule has 3 unspecified atom stereocenters. The molecule has 0 radical (unpaired) electrons. The number of methoxy groups -OCH3 is 2. The third-order valence-electron chi connectivity index (χ3n) is 13.0. The van der Waals surface area contributed by atoms with E-state index in [1.807, 2.05) is 81.9 Å². The molecule has 3 aromatic heterocycles. The molecule has 5 heterocycles. The molecule has 2 aliphatic rings. The highest BCUT2D eigenvalue weighted by Crippen LogP contribution is 2.38. The van der Waals surface area contributed by atoms with E-state index in [0.29, 0.717) is 31.8 Å². The first kappa shape index (κ1) is 53.0. The van der Waals surface area contributed by atoms with Crippen molar-refractivity contribution < 1.29 is 43.2 Å². The molecular weight excluding hydrogens is 929 g/mol. The van der Waals surface area contributed by atoms with E-state index in [1.165, 1.54) is 4.90 Å². The summed E-state index contributed by atoms with van der Waals surface area (Å²) in [5.41, 5.74) is 6.67. The van der Waals surface area contributed by atoms with E-state index >= 15 is 0 Å². The maximum absolute atomic E-state index is 14.0. The standard InChI is InChI=1S/C52H68N8O10S/c1-34-47(71-33-55-34)36-10-8-35(9-11-36)27-54-49(63)43-26-38(61)29-60(43)51(65)48(52(2,3)4)56-46(62)32-70-23-22-69-21-20-68-19-18-58-14-16-59(17-15-58)31-42-44(66-6)24-37(25-45(42)67-7)41-30-57(5)50(64)40-28-53-13-12-39(40)41/h8-13,24-25,28,30,33,38,43,48,61H,14-23,26-27,29,31-32H2,1-7H3,(H,54,63)(H,56,62). The van der Waals surface area contributed by atoms with E-state index in [0.717, 1.165) is 88.0 Å². The number of rotatable bonds is 22. The van der Waals surface area contributed by atoms with Crippen LogP contribution in [0.4, 0.5) is 0 Å². The highest BCUT2D eigenvalue weighted by atomic mass is 32.1. The molecule has 0 aliphatic carbocycles. The van der Waals surface area contributed by atoms with E-state index in [2.05, 4.69) is 30.4 Å². The van der Waals surface area contributed by atoms with Gasteiger partial charge in [-0.1, -0.05) is 45.0 Å². The number of carbonyl (C=O) groups is 3. The summed E-state index contributed by atoms with van der Waals surface area (Å²) in [7, 11) is 5.06. The molecule has 3 N–H and O–H groups in total. The first-order valence-corrected chi connectivity index (χ1v) is 24.9. The van der Waals surface area contributed by atoms with Gasteiger partial charge in [0.1, 0.15) is 30.2 Å². The number of aliphatic hydroxyl groups excluding tert-OH is 1. The monoisotopic (exact) mass is 996 g/mol. The molecule has 0 saturated carbocycles. The first-order valence-electron chi connectivity index (χ1n) is 24.1. The maximum atomic E-state index is 14.0. The van der Waals surface area contributed by atoms with Gasteiger partial charge in [0.05, 0.1) is 80.4 Å². The van der Waals surface area contributed by atoms with Crippen molar-refractivity contribution in [3.8, 4) is 33.1 Å². The zero-order chi connectivity index (χ0) is 50.7. The summed E-state index contributed by atoms with van der Waals surface area (Å²) in [4.78, 5) is 69.0. The smallest absolute Gasteiger partial charge is 0.259 e. The number of nitrogens with one attached hydrogen (secondary N) is 2. The van der Waals surface area contributed by atoms with Gasteiger partial charge >= 0.3 is 0 Å². The number of pyridine rings is 2. The summed E-state index contributed by atoms with van der Waals surface area (Å²) in [6.45, 7) is 14.2. The minimum atomic E-state index is -0.961. The number of aliphatic hydroxyl groups is 1. The lowest BCUT2D eigenvalue weighted by Crippen LogP contribution is -2.58. The topological polar surface area (TPSA) is 199 Å². The molecule has 5 aromatic rings. The second kappa shape index (κ2) is 24.6. The lowest BCUT2D eigenvalue weighted by atomic mass is 9.85. The van der Waals surface area contributed by atoms with Gasteiger partial charge in [0.2, 0.25) is 17.7 Å². The summed E-state index contributed by atoms with van der Waals surface area (Å²) in [5, 5.41) is 17.7. The maximum Gasteiger partial charge on any atom is 0.259 e. The highest BCUT2D eigenvalue weighted by molar-refractivity contribution is 7.13. The van der Waals surface area contributed by atoms with Crippen LogP contribution in [0.1, 0.15) is 44.0 Å². The fourth-order valence-corrected chi connectivity index (χ4v) is 9.82. The van der Waals surface area contributed by atoms with Crippen molar-refractivity contribution in [1.82, 2.24) is 39.9 Å². The Morgan fingerprint density at radius 1 is 0.887 bits per heavy atom. The Bertz CT molecular complexity index is 2640. The normalized spacial score (nSPS) is 17.1. The van der Waals surface area contributed by atoms with Gasteiger partial charge in [-0.25, -0.2) is 4.98 Å². The van der Waals surface area contributed by atoms with Crippen LogP contribution in [0.2, 0.25) is 0 Å². The molecular formula is C52H68N8O10S. The Morgan fingerprint density at radius 2 is 1.55 bits per heavy atom. The Labute approximate surface area is 419 Å². The van der Waals surface area contributed by atoms with Crippen LogP contribution in [0, 0.1) is 12.3 Å². The Balaban J connectivity index is 0.769. The Hall–Kier alpha value is -5.80. The number of fused-ring (bicyclic) bond motifs is 1. The molecule has 0 spiro atoms. The number of hydrogen-bond acceptors (Lipinski definition) is 15. The lowest BCUT2D eigenvalue weighted by Gasteiger charge is -2.35. The molecule has 3 atom stereocenters. The number of likely N-dealkylation sites (tertiary alicyclic amines) is 1. The largest absolute Gasteiger partial charge is 0.496 e. The Kier molecular flexibility index (Phi) is 18.3. The van der Waals surface area contributed by atoms with Crippen LogP contribution in [-0.2, 0) is 48.7 Å². The minimum Gasteiger partial charge on any atom is -0.496 e. The average molecular weight is 997 g/mol. The highest BCUT2D eigenvalue weighted by Gasteiger charge is 2.44. The Morgan fingerprint density at radius 3 is 2.20 bits per heavy atom. The molecule has 2 aromatic carbocycles. The van der Waals surface area contributed by atoms with Gasteiger partial charge in [0.25, 0.3) is 5.56 Å². The average Bonchev–Trinajstić information content (AvgIpc) is 3.99. The van der Waals surface area contributed by atoms with Gasteiger partial charge in [-0.3, -0.25) is 34.0 Å². The van der Waals surface area contributed by atoms with E-state index in [1.54, 1.807) is 49.6 Å². The number of hydrogen-bond donors (Lipinski definition) is 3. The van der Waals surface area contributed by atoms with Gasteiger partial charge in [0.15, 0.2) is 0 Å². The van der Waals surface area contributed by atoms with E-state index in [4.69, 9.17) is 23.7 Å². The van der Waals surface area contributed by atoms with E-state index in [9.17, 15) is 24.3 Å². The predicted octanol–water partition coefficient (Wildman–Crippen LogP) is 4.03. The van der Waals surface area contributed by atoms with Crippen molar-refractivity contribution in [3.05, 3.63) is 93.7 Å². The zero-order valence-electron chi connectivity index (χ0n) is 41.9. The summed E-state index contributed by atoms with van der Waals surface area (Å²) < 4.78 is 30.5. The van der Waals surface area contributed by atoms with Crippen LogP contribution in [0.25, 0.3) is 32.3 Å². The quantitative estimate of drug-likeness (QED) is 0.0841. The fourth-order valence-electron chi connectivity index (χ4n) is 9.01. The first-order chi connectivity index (χ1) is 34.1. The van der Waals surface area contributed by atoms with E-state index < -0.39 is 35.4 Å². The van der Waals surface area contributed by atoms with Gasteiger partial charge in [-0.15, -0.1) is 11.3 Å². The summed E-state index contributed by atoms with van der Waals surface area (Å²) >= 11 is 1.57. The van der Waals surface area contributed by atoms with Crippen LogP contribution in [0.15, 0.2) is 71.4 Å². The molecule has 2 fully saturated rings. The van der Waals surface area contributed by atoms with E-state index in [-0.39, 0.29) is 50.8 Å². The molecule has 2 saturated heterocycles. The number of piperazine rings is 1. The van der Waals surface area contributed by atoms with Crippen molar-refractivity contribution in [2.75, 3.05) is 93.1 Å². The predicted molar refractivity (Wildman–Crippen MR) is 271 cm³/mol. The molecule has 19 heteroatoms. The molecule has 3 amide bonds. The van der Waals surface area contributed by atoms with Crippen molar-refractivity contribution in [1.29, 1.82) is 0 Å². The molecule has 71 heavy (non-hydrogen) atoms. The summed E-state index contributed by atoms with van der Waals surface area (Å²) in [5.74, 6) is 0.165. The summed E-state index contributed by atoms with van der Waals surface area (Å²) in [6.07, 6.45) is 4.36. The van der Waals surface area contributed by atoms with Gasteiger partial charge in [-0.2, -0.15) is 0 Å². The molecule has 382 valence electrons. The van der Waals surface area contributed by atoms with Crippen molar-refractivity contribution in [2.45, 2.75) is 65.4 Å². The summed E-state index contributed by atoms with van der Waals surface area (Å²) in [6, 6.07) is 11.9. The molecule has 18 nitrogen and oxygen atoms in total. The fraction of sp³-hybridized carbons (Fsp3) is 0.500. The van der Waals surface area contributed by atoms with Crippen molar-refractivity contribution in [3.63, 3.8) is 0 Å². The van der Waals surface area contributed by atoms with Crippen molar-refractivity contribution in [2.24, 2.45) is 12.5 Å². The lowest BCUT2D eigenvalue weighted by molar-refractivity contribution is -0.144.